The number of nitrogens with zero attached hydrogens (tertiary/aromatic N) is 1. The van der Waals surface area contributed by atoms with Crippen LogP contribution in [0.5, 0.6) is 5.75 Å². The van der Waals surface area contributed by atoms with Crippen LogP contribution in [0.25, 0.3) is 5.76 Å². The van der Waals surface area contributed by atoms with Crippen LogP contribution in [0, 0.1) is 0 Å². The Morgan fingerprint density at radius 2 is 1.97 bits per heavy atom. The van der Waals surface area contributed by atoms with Gasteiger partial charge >= 0.3 is 0 Å². The number of hydrogen-bond acceptors (Lipinski definition) is 6. The molecule has 2 aromatic rings. The summed E-state index contributed by atoms with van der Waals surface area (Å²) in [6.45, 7) is 8.60. The molecule has 8 heteroatoms. The van der Waals surface area contributed by atoms with Gasteiger partial charge in [-0.05, 0) is 36.4 Å². The Bertz CT molecular complexity index is 1010. The number of carbonyl (C=O) groups is 2. The van der Waals surface area contributed by atoms with E-state index < -0.39 is 17.7 Å². The second-order valence-corrected chi connectivity index (χ2v) is 8.10. The summed E-state index contributed by atoms with van der Waals surface area (Å²) in [6.07, 6.45) is 3.87. The van der Waals surface area contributed by atoms with Crippen LogP contribution in [0.1, 0.15) is 23.8 Å². The number of likely N-dealkylation sites (tertiary alicyclic amines) is 1. The van der Waals surface area contributed by atoms with Crippen molar-refractivity contribution in [2.75, 3.05) is 46.0 Å². The molecule has 0 unspecified atom stereocenters. The van der Waals surface area contributed by atoms with Crippen LogP contribution < -0.4 is 9.64 Å². The molecule has 1 atom stereocenters. The SMILES string of the molecule is C=CCOc1ccc(C(O)=C2C(=O)C(=O)N(CCC[NH+]3CCOCC3)[C@H]2c2ccco2)cc1. The predicted octanol–water partition coefficient (Wildman–Crippen LogP) is 1.57. The second-order valence-electron chi connectivity index (χ2n) is 8.10. The predicted molar refractivity (Wildman–Crippen MR) is 121 cm³/mol. The molecular formula is C25H29N2O6+. The minimum absolute atomic E-state index is 0.0356. The van der Waals surface area contributed by atoms with Crippen molar-refractivity contribution >= 4 is 17.4 Å². The molecule has 2 aliphatic rings. The summed E-state index contributed by atoms with van der Waals surface area (Å²) in [5, 5.41) is 11.1. The molecule has 0 aliphatic carbocycles. The largest absolute Gasteiger partial charge is 0.507 e. The Hall–Kier alpha value is -3.36. The van der Waals surface area contributed by atoms with Gasteiger partial charge in [0.05, 0.1) is 31.6 Å². The summed E-state index contributed by atoms with van der Waals surface area (Å²) in [4.78, 5) is 28.9. The van der Waals surface area contributed by atoms with Gasteiger partial charge < -0.3 is 28.8 Å². The maximum Gasteiger partial charge on any atom is 0.295 e. The first-order valence-corrected chi connectivity index (χ1v) is 11.2. The highest BCUT2D eigenvalue weighted by molar-refractivity contribution is 6.46. The van der Waals surface area contributed by atoms with E-state index in [-0.39, 0.29) is 11.3 Å². The topological polar surface area (TPSA) is 93.7 Å². The van der Waals surface area contributed by atoms with Crippen LogP contribution in [-0.4, -0.2) is 67.7 Å². The molecule has 1 amide bonds. The second kappa shape index (κ2) is 10.5. The van der Waals surface area contributed by atoms with E-state index in [1.165, 1.54) is 16.1 Å². The molecule has 33 heavy (non-hydrogen) atoms. The molecule has 1 aromatic heterocycles. The molecule has 2 aliphatic heterocycles. The lowest BCUT2D eigenvalue weighted by atomic mass is 9.99. The normalized spacial score (nSPS) is 20.8. The molecular weight excluding hydrogens is 424 g/mol. The number of rotatable bonds is 9. The number of quaternary nitrogens is 1. The summed E-state index contributed by atoms with van der Waals surface area (Å²) in [7, 11) is 0. The van der Waals surface area contributed by atoms with Crippen molar-refractivity contribution in [3.05, 3.63) is 72.2 Å². The average Bonchev–Trinajstić information content (AvgIpc) is 3.46. The molecule has 2 saturated heterocycles. The number of ketones is 1. The van der Waals surface area contributed by atoms with E-state index >= 15 is 0 Å². The standard InChI is InChI=1S/C25H28N2O6/c1-2-14-32-19-8-6-18(7-9-19)23(28)21-22(20-5-3-15-33-20)27(25(30)24(21)29)11-4-10-26-12-16-31-17-13-26/h2-3,5-9,15,22,28H,1,4,10-14,16-17H2/p+1/t22-/m0/s1. The number of benzene rings is 1. The molecule has 4 rings (SSSR count). The fourth-order valence-corrected chi connectivity index (χ4v) is 4.28. The number of hydrogen-bond donors (Lipinski definition) is 2. The quantitative estimate of drug-likeness (QED) is 0.259. The number of morpholine rings is 1. The maximum atomic E-state index is 13.0. The minimum Gasteiger partial charge on any atom is -0.507 e. The van der Waals surface area contributed by atoms with E-state index in [1.54, 1.807) is 42.5 Å². The van der Waals surface area contributed by atoms with Gasteiger partial charge in [0.2, 0.25) is 0 Å². The number of amides is 1. The summed E-state index contributed by atoms with van der Waals surface area (Å²) < 4.78 is 16.5. The van der Waals surface area contributed by atoms with Gasteiger partial charge in [0.25, 0.3) is 11.7 Å². The minimum atomic E-state index is -0.767. The third-order valence-corrected chi connectivity index (χ3v) is 5.98. The molecule has 2 fully saturated rings. The van der Waals surface area contributed by atoms with E-state index in [4.69, 9.17) is 13.9 Å². The Morgan fingerprint density at radius 3 is 2.64 bits per heavy atom. The Morgan fingerprint density at radius 1 is 1.21 bits per heavy atom. The Balaban J connectivity index is 1.58. The van der Waals surface area contributed by atoms with Gasteiger partial charge in [-0.2, -0.15) is 0 Å². The number of carbonyl (C=O) groups excluding carboxylic acids is 2. The zero-order valence-corrected chi connectivity index (χ0v) is 18.5. The van der Waals surface area contributed by atoms with Gasteiger partial charge in [-0.3, -0.25) is 9.59 Å². The number of nitrogens with one attached hydrogen (secondary N) is 1. The lowest BCUT2D eigenvalue weighted by Gasteiger charge is -2.26. The average molecular weight is 454 g/mol. The number of furan rings is 1. The van der Waals surface area contributed by atoms with E-state index in [2.05, 4.69) is 6.58 Å². The highest BCUT2D eigenvalue weighted by Gasteiger charge is 2.47. The van der Waals surface area contributed by atoms with Crippen molar-refractivity contribution < 1.29 is 33.5 Å². The molecule has 1 aromatic carbocycles. The van der Waals surface area contributed by atoms with Crippen LogP contribution in [-0.2, 0) is 14.3 Å². The number of aliphatic hydroxyl groups excluding tert-OH is 1. The van der Waals surface area contributed by atoms with E-state index in [0.717, 1.165) is 39.3 Å². The highest BCUT2D eigenvalue weighted by Crippen LogP contribution is 2.39. The molecule has 0 spiro atoms. The third-order valence-electron chi connectivity index (χ3n) is 5.98. The number of Topliss-reactive ketones (excluding diaryl/α,β-unsaturated/α-hetero) is 1. The molecule has 0 saturated carbocycles. The summed E-state index contributed by atoms with van der Waals surface area (Å²) in [5.74, 6) is -0.507. The lowest BCUT2D eigenvalue weighted by molar-refractivity contribution is -0.908. The Labute approximate surface area is 192 Å². The Kier molecular flexibility index (Phi) is 7.26. The zero-order valence-electron chi connectivity index (χ0n) is 18.5. The van der Waals surface area contributed by atoms with Gasteiger partial charge in [-0.25, -0.2) is 0 Å². The molecule has 8 nitrogen and oxygen atoms in total. The molecule has 0 bridgehead atoms. The first kappa shape index (κ1) is 22.8. The van der Waals surface area contributed by atoms with E-state index in [1.807, 2.05) is 0 Å². The van der Waals surface area contributed by atoms with Crippen molar-refractivity contribution in [1.82, 2.24) is 4.90 Å². The van der Waals surface area contributed by atoms with Crippen LogP contribution in [0.4, 0.5) is 0 Å². The van der Waals surface area contributed by atoms with Gasteiger partial charge in [0.15, 0.2) is 0 Å². The first-order chi connectivity index (χ1) is 16.1. The van der Waals surface area contributed by atoms with Gasteiger partial charge in [-0.1, -0.05) is 12.7 Å². The van der Waals surface area contributed by atoms with Crippen LogP contribution in [0.3, 0.4) is 0 Å². The monoisotopic (exact) mass is 453 g/mol. The number of aliphatic hydroxyl groups is 1. The first-order valence-electron chi connectivity index (χ1n) is 11.2. The van der Waals surface area contributed by atoms with Crippen molar-refractivity contribution in [3.8, 4) is 5.75 Å². The molecule has 3 heterocycles. The van der Waals surface area contributed by atoms with Crippen LogP contribution in [0.15, 0.2) is 65.3 Å². The van der Waals surface area contributed by atoms with Crippen molar-refractivity contribution in [1.29, 1.82) is 0 Å². The summed E-state index contributed by atoms with van der Waals surface area (Å²) in [6, 6.07) is 9.36. The summed E-state index contributed by atoms with van der Waals surface area (Å²) >= 11 is 0. The van der Waals surface area contributed by atoms with Gasteiger partial charge in [-0.15, -0.1) is 0 Å². The van der Waals surface area contributed by atoms with Crippen molar-refractivity contribution in [2.24, 2.45) is 0 Å². The van der Waals surface area contributed by atoms with Crippen molar-refractivity contribution in [2.45, 2.75) is 12.5 Å². The smallest absolute Gasteiger partial charge is 0.295 e. The van der Waals surface area contributed by atoms with E-state index in [9.17, 15) is 14.7 Å². The molecule has 2 N–H and O–H groups in total. The lowest BCUT2D eigenvalue weighted by Crippen LogP contribution is -3.14. The highest BCUT2D eigenvalue weighted by atomic mass is 16.5. The maximum absolute atomic E-state index is 13.0. The van der Waals surface area contributed by atoms with Crippen LogP contribution in [0.2, 0.25) is 0 Å². The molecule has 0 radical (unpaired) electrons. The number of ether oxygens (including phenoxy) is 2. The van der Waals surface area contributed by atoms with Gasteiger partial charge in [0, 0.05) is 18.5 Å². The van der Waals surface area contributed by atoms with Gasteiger partial charge in [0.1, 0.15) is 43.0 Å². The fraction of sp³-hybridized carbons (Fsp3) is 0.360. The molecule has 174 valence electrons. The fourth-order valence-electron chi connectivity index (χ4n) is 4.28. The zero-order chi connectivity index (χ0) is 23.2. The van der Waals surface area contributed by atoms with Crippen molar-refractivity contribution in [3.63, 3.8) is 0 Å². The van der Waals surface area contributed by atoms with Crippen LogP contribution >= 0.6 is 0 Å². The summed E-state index contributed by atoms with van der Waals surface area (Å²) in [5.41, 5.74) is 0.460. The van der Waals surface area contributed by atoms with E-state index in [0.29, 0.717) is 30.2 Å². The third kappa shape index (κ3) is 5.02.